The highest BCUT2D eigenvalue weighted by atomic mass is 32.2. The Balaban J connectivity index is 2.35. The first-order valence-corrected chi connectivity index (χ1v) is 7.02. The van der Waals surface area contributed by atoms with Crippen molar-refractivity contribution in [3.05, 3.63) is 51.9 Å². The lowest BCUT2D eigenvalue weighted by atomic mass is 10.1. The molecule has 0 fully saturated rings. The second kappa shape index (κ2) is 6.04. The standard InChI is InChI=1S/C14H17N3OS/c1-3-11(15)10-6-4-5-7-12(10)19-14-16-9(2)8-13(18)17-14/h4-8,11H,3,15H2,1-2H3,(H,16,17,18)/t11-/m1/s1. The van der Waals surface area contributed by atoms with Gasteiger partial charge < -0.3 is 10.7 Å². The maximum atomic E-state index is 11.4. The molecule has 1 aromatic carbocycles. The predicted octanol–water partition coefficient (Wildman–Crippen LogP) is 2.64. The molecule has 1 heterocycles. The van der Waals surface area contributed by atoms with Crippen LogP contribution in [0.15, 0.2) is 45.2 Å². The zero-order valence-corrected chi connectivity index (χ0v) is 11.8. The number of nitrogens with two attached hydrogens (primary N) is 1. The number of hydrogen-bond acceptors (Lipinski definition) is 4. The highest BCUT2D eigenvalue weighted by Gasteiger charge is 2.11. The van der Waals surface area contributed by atoms with Crippen LogP contribution in [-0.2, 0) is 0 Å². The van der Waals surface area contributed by atoms with Crippen molar-refractivity contribution in [2.45, 2.75) is 36.4 Å². The molecule has 0 aliphatic rings. The van der Waals surface area contributed by atoms with Gasteiger partial charge in [-0.25, -0.2) is 4.98 Å². The number of aromatic amines is 1. The smallest absolute Gasteiger partial charge is 0.251 e. The Hall–Kier alpha value is -1.59. The number of aryl methyl sites for hydroxylation is 1. The third-order valence-electron chi connectivity index (χ3n) is 2.81. The molecule has 0 aliphatic carbocycles. The number of hydrogen-bond donors (Lipinski definition) is 2. The average molecular weight is 275 g/mol. The Labute approximate surface area is 116 Å². The maximum absolute atomic E-state index is 11.4. The van der Waals surface area contributed by atoms with Crippen LogP contribution in [0.5, 0.6) is 0 Å². The van der Waals surface area contributed by atoms with E-state index in [9.17, 15) is 4.79 Å². The van der Waals surface area contributed by atoms with E-state index >= 15 is 0 Å². The Morgan fingerprint density at radius 2 is 2.16 bits per heavy atom. The third-order valence-corrected chi connectivity index (χ3v) is 3.79. The first-order chi connectivity index (χ1) is 9.10. The van der Waals surface area contributed by atoms with Crippen LogP contribution >= 0.6 is 11.8 Å². The summed E-state index contributed by atoms with van der Waals surface area (Å²) >= 11 is 1.44. The summed E-state index contributed by atoms with van der Waals surface area (Å²) in [7, 11) is 0. The van der Waals surface area contributed by atoms with E-state index in [4.69, 9.17) is 5.73 Å². The van der Waals surface area contributed by atoms with Gasteiger partial charge in [-0.1, -0.05) is 36.9 Å². The molecule has 100 valence electrons. The highest BCUT2D eigenvalue weighted by molar-refractivity contribution is 7.99. The van der Waals surface area contributed by atoms with Crippen molar-refractivity contribution in [2.75, 3.05) is 0 Å². The van der Waals surface area contributed by atoms with E-state index < -0.39 is 0 Å². The Morgan fingerprint density at radius 3 is 2.84 bits per heavy atom. The second-order valence-electron chi connectivity index (χ2n) is 4.35. The minimum absolute atomic E-state index is 0.000214. The molecule has 0 spiro atoms. The molecule has 5 heteroatoms. The first-order valence-electron chi connectivity index (χ1n) is 6.20. The molecule has 19 heavy (non-hydrogen) atoms. The van der Waals surface area contributed by atoms with Crippen LogP contribution in [0, 0.1) is 6.92 Å². The second-order valence-corrected chi connectivity index (χ2v) is 5.38. The lowest BCUT2D eigenvalue weighted by Crippen LogP contribution is -2.11. The van der Waals surface area contributed by atoms with Crippen molar-refractivity contribution < 1.29 is 0 Å². The van der Waals surface area contributed by atoms with Crippen LogP contribution in [-0.4, -0.2) is 9.97 Å². The van der Waals surface area contributed by atoms with Crippen LogP contribution in [0.25, 0.3) is 0 Å². The fraction of sp³-hybridized carbons (Fsp3) is 0.286. The van der Waals surface area contributed by atoms with Crippen molar-refractivity contribution in [1.82, 2.24) is 9.97 Å². The van der Waals surface area contributed by atoms with E-state index in [2.05, 4.69) is 16.9 Å². The topological polar surface area (TPSA) is 71.8 Å². The monoisotopic (exact) mass is 275 g/mol. The molecule has 3 N–H and O–H groups in total. The van der Waals surface area contributed by atoms with Crippen molar-refractivity contribution in [3.63, 3.8) is 0 Å². The molecule has 2 rings (SSSR count). The molecule has 4 nitrogen and oxygen atoms in total. The van der Waals surface area contributed by atoms with Gasteiger partial charge >= 0.3 is 0 Å². The molecule has 0 radical (unpaired) electrons. The van der Waals surface area contributed by atoms with Gasteiger partial charge in [0.15, 0.2) is 5.16 Å². The van der Waals surface area contributed by atoms with E-state index in [1.165, 1.54) is 17.8 Å². The van der Waals surface area contributed by atoms with E-state index in [1.54, 1.807) is 0 Å². The summed E-state index contributed by atoms with van der Waals surface area (Å²) in [5.74, 6) is 0. The average Bonchev–Trinajstić information content (AvgIpc) is 2.37. The first kappa shape index (κ1) is 13.8. The zero-order valence-electron chi connectivity index (χ0n) is 11.0. The van der Waals surface area contributed by atoms with Crippen LogP contribution < -0.4 is 11.3 Å². The molecule has 0 saturated carbocycles. The van der Waals surface area contributed by atoms with Gasteiger partial charge in [0.25, 0.3) is 5.56 Å². The lowest BCUT2D eigenvalue weighted by molar-refractivity contribution is 0.685. The predicted molar refractivity (Wildman–Crippen MR) is 77.4 cm³/mol. The van der Waals surface area contributed by atoms with Gasteiger partial charge in [0, 0.05) is 22.7 Å². The van der Waals surface area contributed by atoms with Crippen molar-refractivity contribution in [3.8, 4) is 0 Å². The number of benzene rings is 1. The van der Waals surface area contributed by atoms with Crippen molar-refractivity contribution in [2.24, 2.45) is 5.73 Å². The van der Waals surface area contributed by atoms with E-state index in [-0.39, 0.29) is 11.6 Å². The van der Waals surface area contributed by atoms with Gasteiger partial charge in [0.2, 0.25) is 0 Å². The summed E-state index contributed by atoms with van der Waals surface area (Å²) in [6.07, 6.45) is 0.870. The minimum atomic E-state index is -0.132. The molecule has 0 bridgehead atoms. The third kappa shape index (κ3) is 3.45. The van der Waals surface area contributed by atoms with E-state index in [0.717, 1.165) is 16.9 Å². The number of aromatic nitrogens is 2. The van der Waals surface area contributed by atoms with Gasteiger partial charge in [-0.3, -0.25) is 4.79 Å². The summed E-state index contributed by atoms with van der Waals surface area (Å²) in [5, 5.41) is 0.598. The molecule has 1 atom stereocenters. The molecule has 0 amide bonds. The quantitative estimate of drug-likeness (QED) is 0.841. The molecular weight excluding hydrogens is 258 g/mol. The van der Waals surface area contributed by atoms with Crippen molar-refractivity contribution in [1.29, 1.82) is 0 Å². The normalized spacial score (nSPS) is 12.4. The fourth-order valence-corrected chi connectivity index (χ4v) is 2.84. The molecule has 1 aromatic heterocycles. The number of nitrogens with zero attached hydrogens (tertiary/aromatic N) is 1. The van der Waals surface area contributed by atoms with Gasteiger partial charge in [0.05, 0.1) is 0 Å². The van der Waals surface area contributed by atoms with Gasteiger partial charge in [-0.15, -0.1) is 0 Å². The molecule has 2 aromatic rings. The van der Waals surface area contributed by atoms with Crippen LogP contribution in [0.1, 0.15) is 30.6 Å². The van der Waals surface area contributed by atoms with Crippen LogP contribution in [0.2, 0.25) is 0 Å². The largest absolute Gasteiger partial charge is 0.324 e. The number of nitrogens with one attached hydrogen (secondary N) is 1. The van der Waals surface area contributed by atoms with E-state index in [1.807, 2.05) is 31.2 Å². The van der Waals surface area contributed by atoms with Gasteiger partial charge in [-0.2, -0.15) is 0 Å². The maximum Gasteiger partial charge on any atom is 0.251 e. The van der Waals surface area contributed by atoms with Gasteiger partial charge in [-0.05, 0) is 25.0 Å². The van der Waals surface area contributed by atoms with Crippen LogP contribution in [0.4, 0.5) is 0 Å². The SMILES string of the molecule is CC[C@@H](N)c1ccccc1Sc1nc(C)cc(=O)[nH]1. The Morgan fingerprint density at radius 1 is 1.42 bits per heavy atom. The summed E-state index contributed by atoms with van der Waals surface area (Å²) < 4.78 is 0. The molecular formula is C14H17N3OS. The zero-order chi connectivity index (χ0) is 13.8. The Kier molecular flexibility index (Phi) is 4.39. The number of H-pyrrole nitrogens is 1. The lowest BCUT2D eigenvalue weighted by Gasteiger charge is -2.13. The molecule has 0 aliphatic heterocycles. The van der Waals surface area contributed by atoms with Crippen LogP contribution in [0.3, 0.4) is 0 Å². The summed E-state index contributed by atoms with van der Waals surface area (Å²) in [6, 6.07) is 9.43. The summed E-state index contributed by atoms with van der Waals surface area (Å²) in [5.41, 5.74) is 7.76. The summed E-state index contributed by atoms with van der Waals surface area (Å²) in [4.78, 5) is 19.5. The van der Waals surface area contributed by atoms with E-state index in [0.29, 0.717) is 10.9 Å². The minimum Gasteiger partial charge on any atom is -0.324 e. The summed E-state index contributed by atoms with van der Waals surface area (Å²) in [6.45, 7) is 3.86. The van der Waals surface area contributed by atoms with Gasteiger partial charge in [0.1, 0.15) is 0 Å². The van der Waals surface area contributed by atoms with Crippen molar-refractivity contribution >= 4 is 11.8 Å². The Bertz CT molecular complexity index is 624. The molecule has 0 unspecified atom stereocenters. The highest BCUT2D eigenvalue weighted by Crippen LogP contribution is 2.31. The molecule has 0 saturated heterocycles. The number of rotatable bonds is 4. The fourth-order valence-electron chi connectivity index (χ4n) is 1.80.